The van der Waals surface area contributed by atoms with E-state index in [0.29, 0.717) is 11.6 Å². The molecule has 0 aromatic carbocycles. The lowest BCUT2D eigenvalue weighted by molar-refractivity contribution is -0.133. The Morgan fingerprint density at radius 2 is 2.00 bits per heavy atom. The highest BCUT2D eigenvalue weighted by Gasteiger charge is 2.52. The summed E-state index contributed by atoms with van der Waals surface area (Å²) in [4.78, 5) is 20.9. The van der Waals surface area contributed by atoms with E-state index in [1.165, 1.54) is 0 Å². The number of nitrogens with zero attached hydrogens (tertiary/aromatic N) is 3. The van der Waals surface area contributed by atoms with Crippen molar-refractivity contribution in [1.82, 2.24) is 9.88 Å². The third-order valence-electron chi connectivity index (χ3n) is 4.52. The maximum atomic E-state index is 12.4. The third kappa shape index (κ3) is 2.32. The predicted octanol–water partition coefficient (Wildman–Crippen LogP) is 1.36. The second-order valence-corrected chi connectivity index (χ2v) is 6.47. The van der Waals surface area contributed by atoms with Crippen LogP contribution in [0.2, 0.25) is 0 Å². The topological polar surface area (TPSA) is 62.5 Å². The molecule has 5 heteroatoms. The van der Waals surface area contributed by atoms with Crippen LogP contribution in [-0.4, -0.2) is 42.0 Å². The van der Waals surface area contributed by atoms with Crippen LogP contribution >= 0.6 is 0 Å². The Morgan fingerprint density at radius 3 is 2.55 bits per heavy atom. The summed E-state index contributed by atoms with van der Waals surface area (Å²) in [5.41, 5.74) is 6.87. The van der Waals surface area contributed by atoms with Crippen molar-refractivity contribution in [3.63, 3.8) is 0 Å². The first-order valence-corrected chi connectivity index (χ1v) is 7.23. The lowest BCUT2D eigenvalue weighted by atomic mass is 10.1. The summed E-state index contributed by atoms with van der Waals surface area (Å²) in [7, 11) is 0. The molecule has 2 N–H and O–H groups in total. The first-order chi connectivity index (χ1) is 9.49. The van der Waals surface area contributed by atoms with Crippen LogP contribution in [0.3, 0.4) is 0 Å². The van der Waals surface area contributed by atoms with Crippen LogP contribution in [0.1, 0.15) is 20.3 Å². The van der Waals surface area contributed by atoms with E-state index in [4.69, 9.17) is 5.73 Å². The van der Waals surface area contributed by atoms with Crippen molar-refractivity contribution in [3.05, 3.63) is 18.3 Å². The quantitative estimate of drug-likeness (QED) is 0.884. The van der Waals surface area contributed by atoms with Gasteiger partial charge in [-0.2, -0.15) is 0 Å². The molecular formula is C15H22N4O. The molecule has 0 bridgehead atoms. The normalized spacial score (nSPS) is 24.6. The fourth-order valence-electron chi connectivity index (χ4n) is 2.92. The number of amides is 1. The SMILES string of the molecule is CC1(C)CC1C(=O)N1CCN(c2ncccc2N)CC1. The van der Waals surface area contributed by atoms with Crippen molar-refractivity contribution >= 4 is 17.4 Å². The van der Waals surface area contributed by atoms with Crippen LogP contribution in [-0.2, 0) is 4.79 Å². The van der Waals surface area contributed by atoms with Crippen LogP contribution in [0, 0.1) is 11.3 Å². The molecule has 108 valence electrons. The van der Waals surface area contributed by atoms with Gasteiger partial charge in [0.05, 0.1) is 5.69 Å². The van der Waals surface area contributed by atoms with Gasteiger partial charge in [0, 0.05) is 38.3 Å². The maximum Gasteiger partial charge on any atom is 0.226 e. The number of piperazine rings is 1. The van der Waals surface area contributed by atoms with E-state index in [0.717, 1.165) is 38.4 Å². The van der Waals surface area contributed by atoms with Gasteiger partial charge >= 0.3 is 0 Å². The van der Waals surface area contributed by atoms with E-state index in [1.807, 2.05) is 17.0 Å². The molecule has 1 aromatic rings. The average molecular weight is 274 g/mol. The zero-order valence-electron chi connectivity index (χ0n) is 12.2. The number of rotatable bonds is 2. The van der Waals surface area contributed by atoms with Crippen LogP contribution < -0.4 is 10.6 Å². The van der Waals surface area contributed by atoms with E-state index in [-0.39, 0.29) is 11.3 Å². The molecule has 5 nitrogen and oxygen atoms in total. The molecule has 0 radical (unpaired) electrons. The summed E-state index contributed by atoms with van der Waals surface area (Å²) in [5, 5.41) is 0. The highest BCUT2D eigenvalue weighted by Crippen LogP contribution is 2.52. The molecule has 1 atom stereocenters. The van der Waals surface area contributed by atoms with E-state index in [1.54, 1.807) is 6.20 Å². The van der Waals surface area contributed by atoms with Crippen LogP contribution in [0.25, 0.3) is 0 Å². The molecule has 20 heavy (non-hydrogen) atoms. The Morgan fingerprint density at radius 1 is 1.35 bits per heavy atom. The molecule has 0 spiro atoms. The highest BCUT2D eigenvalue weighted by molar-refractivity contribution is 5.82. The second kappa shape index (κ2) is 4.65. The number of nitrogens with two attached hydrogens (primary N) is 1. The number of nitrogen functional groups attached to an aromatic ring is 1. The minimum atomic E-state index is 0.208. The highest BCUT2D eigenvalue weighted by atomic mass is 16.2. The zero-order chi connectivity index (χ0) is 14.3. The van der Waals surface area contributed by atoms with Gasteiger partial charge in [0.1, 0.15) is 0 Å². The molecule has 1 aromatic heterocycles. The van der Waals surface area contributed by atoms with E-state index in [9.17, 15) is 4.79 Å². The maximum absolute atomic E-state index is 12.4. The number of hydrogen-bond donors (Lipinski definition) is 1. The molecule has 3 rings (SSSR count). The predicted molar refractivity (Wildman–Crippen MR) is 79.3 cm³/mol. The zero-order valence-corrected chi connectivity index (χ0v) is 12.2. The van der Waals surface area contributed by atoms with Gasteiger partial charge < -0.3 is 15.5 Å². The van der Waals surface area contributed by atoms with Crippen LogP contribution in [0.5, 0.6) is 0 Å². The van der Waals surface area contributed by atoms with Crippen molar-refractivity contribution in [1.29, 1.82) is 0 Å². The Labute approximate surface area is 119 Å². The fourth-order valence-corrected chi connectivity index (χ4v) is 2.92. The summed E-state index contributed by atoms with van der Waals surface area (Å²) >= 11 is 0. The monoisotopic (exact) mass is 274 g/mol. The number of carbonyl (C=O) groups is 1. The molecule has 1 saturated carbocycles. The largest absolute Gasteiger partial charge is 0.396 e. The molecule has 2 aliphatic rings. The van der Waals surface area contributed by atoms with Crippen molar-refractivity contribution in [3.8, 4) is 0 Å². The van der Waals surface area contributed by atoms with Crippen molar-refractivity contribution in [2.45, 2.75) is 20.3 Å². The van der Waals surface area contributed by atoms with Gasteiger partial charge in [-0.1, -0.05) is 13.8 Å². The number of aromatic nitrogens is 1. The van der Waals surface area contributed by atoms with Gasteiger partial charge in [-0.25, -0.2) is 4.98 Å². The standard InChI is InChI=1S/C15H22N4O/c1-15(2)10-11(15)14(20)19-8-6-18(7-9-19)13-12(16)4-3-5-17-13/h3-5,11H,6-10,16H2,1-2H3. The van der Waals surface area contributed by atoms with Crippen LogP contribution in [0.4, 0.5) is 11.5 Å². The first-order valence-electron chi connectivity index (χ1n) is 7.23. The summed E-state index contributed by atoms with van der Waals surface area (Å²) in [6.45, 7) is 7.48. The molecule has 2 heterocycles. The smallest absolute Gasteiger partial charge is 0.226 e. The average Bonchev–Trinajstić information content (AvgIpc) is 3.08. The van der Waals surface area contributed by atoms with Gasteiger partial charge in [-0.05, 0) is 24.0 Å². The van der Waals surface area contributed by atoms with Crippen molar-refractivity contribution < 1.29 is 4.79 Å². The third-order valence-corrected chi connectivity index (χ3v) is 4.52. The molecule has 1 aliphatic carbocycles. The van der Waals surface area contributed by atoms with Crippen molar-refractivity contribution in [2.24, 2.45) is 11.3 Å². The van der Waals surface area contributed by atoms with Gasteiger partial charge in [-0.15, -0.1) is 0 Å². The van der Waals surface area contributed by atoms with E-state index >= 15 is 0 Å². The minimum Gasteiger partial charge on any atom is -0.396 e. The van der Waals surface area contributed by atoms with Gasteiger partial charge in [-0.3, -0.25) is 4.79 Å². The van der Waals surface area contributed by atoms with Gasteiger partial charge in [0.2, 0.25) is 5.91 Å². The molecule has 1 saturated heterocycles. The molecule has 1 amide bonds. The number of anilines is 2. The lowest BCUT2D eigenvalue weighted by Crippen LogP contribution is -2.50. The molecular weight excluding hydrogens is 252 g/mol. The number of hydrogen-bond acceptors (Lipinski definition) is 4. The number of pyridine rings is 1. The minimum absolute atomic E-state index is 0.208. The van der Waals surface area contributed by atoms with Crippen molar-refractivity contribution in [2.75, 3.05) is 36.8 Å². The second-order valence-electron chi connectivity index (χ2n) is 6.47. The van der Waals surface area contributed by atoms with E-state index < -0.39 is 0 Å². The molecule has 2 fully saturated rings. The Balaban J connectivity index is 1.60. The van der Waals surface area contributed by atoms with Gasteiger partial charge in [0.15, 0.2) is 5.82 Å². The lowest BCUT2D eigenvalue weighted by Gasteiger charge is -2.36. The Kier molecular flexibility index (Phi) is 3.07. The summed E-state index contributed by atoms with van der Waals surface area (Å²) < 4.78 is 0. The molecule has 1 unspecified atom stereocenters. The Bertz CT molecular complexity index is 520. The van der Waals surface area contributed by atoms with E-state index in [2.05, 4.69) is 23.7 Å². The summed E-state index contributed by atoms with van der Waals surface area (Å²) in [5.74, 6) is 1.39. The summed E-state index contributed by atoms with van der Waals surface area (Å²) in [6.07, 6.45) is 2.79. The first kappa shape index (κ1) is 13.2. The van der Waals surface area contributed by atoms with Gasteiger partial charge in [0.25, 0.3) is 0 Å². The Hall–Kier alpha value is -1.78. The molecule has 1 aliphatic heterocycles. The number of carbonyl (C=O) groups excluding carboxylic acids is 1. The summed E-state index contributed by atoms with van der Waals surface area (Å²) in [6, 6.07) is 3.71. The van der Waals surface area contributed by atoms with Crippen LogP contribution in [0.15, 0.2) is 18.3 Å². The fraction of sp³-hybridized carbons (Fsp3) is 0.600.